The molecule has 150 valence electrons. The zero-order valence-corrected chi connectivity index (χ0v) is 16.9. The molecule has 5 heteroatoms. The third-order valence-corrected chi connectivity index (χ3v) is 6.13. The van der Waals surface area contributed by atoms with Crippen LogP contribution in [-0.2, 0) is 6.54 Å². The van der Waals surface area contributed by atoms with Crippen LogP contribution in [0.1, 0.15) is 41.1 Å². The Bertz CT molecular complexity index is 1130. The van der Waals surface area contributed by atoms with Crippen LogP contribution in [-0.4, -0.2) is 24.7 Å². The van der Waals surface area contributed by atoms with E-state index in [2.05, 4.69) is 30.0 Å². The van der Waals surface area contributed by atoms with Crippen molar-refractivity contribution in [1.82, 2.24) is 4.90 Å². The number of ether oxygens (including phenoxy) is 2. The minimum absolute atomic E-state index is 0.286. The van der Waals surface area contributed by atoms with Crippen molar-refractivity contribution in [3.8, 4) is 11.5 Å². The first-order chi connectivity index (χ1) is 14.1. The lowest BCUT2D eigenvalue weighted by molar-refractivity contribution is 0.170. The number of nitrogens with zero attached hydrogens (tertiary/aromatic N) is 1. The van der Waals surface area contributed by atoms with Gasteiger partial charge in [-0.15, -0.1) is 0 Å². The molecule has 29 heavy (non-hydrogen) atoms. The Balaban J connectivity index is 1.49. The number of fused-ring (bicyclic) bond motifs is 2. The lowest BCUT2D eigenvalue weighted by atomic mass is 10.0. The molecule has 3 aromatic rings. The summed E-state index contributed by atoms with van der Waals surface area (Å²) in [5, 5.41) is 1.03. The standard InChI is InChI=1S/C24H25NO4/c1-15-10-19-18(13-24(26)29-22(19)11-16(15)2)14-25-7-3-4-20(25)17-5-6-21-23(12-17)28-9-8-27-21/h5-6,10-13,20H,3-4,7-9,14H2,1-2H3. The van der Waals surface area contributed by atoms with Gasteiger partial charge in [0.2, 0.25) is 0 Å². The van der Waals surface area contributed by atoms with Gasteiger partial charge in [-0.05, 0) is 79.8 Å². The highest BCUT2D eigenvalue weighted by molar-refractivity contribution is 5.81. The van der Waals surface area contributed by atoms with Gasteiger partial charge >= 0.3 is 5.63 Å². The largest absolute Gasteiger partial charge is 0.486 e. The Morgan fingerprint density at radius 1 is 1.00 bits per heavy atom. The summed E-state index contributed by atoms with van der Waals surface area (Å²) in [6.07, 6.45) is 2.23. The SMILES string of the molecule is Cc1cc2oc(=O)cc(CN3CCCC3c3ccc4c(c3)OCCO4)c2cc1C. The third-order valence-electron chi connectivity index (χ3n) is 6.13. The van der Waals surface area contributed by atoms with Crippen LogP contribution < -0.4 is 15.1 Å². The number of hydrogen-bond acceptors (Lipinski definition) is 5. The molecule has 1 aromatic heterocycles. The van der Waals surface area contributed by atoms with Crippen LogP contribution in [0.2, 0.25) is 0 Å². The van der Waals surface area contributed by atoms with Crippen molar-refractivity contribution >= 4 is 11.0 Å². The summed E-state index contributed by atoms with van der Waals surface area (Å²) in [6, 6.07) is 12.3. The minimum Gasteiger partial charge on any atom is -0.486 e. The van der Waals surface area contributed by atoms with E-state index >= 15 is 0 Å². The van der Waals surface area contributed by atoms with Crippen LogP contribution >= 0.6 is 0 Å². The molecule has 0 spiro atoms. The van der Waals surface area contributed by atoms with Crippen LogP contribution in [0.3, 0.4) is 0 Å². The number of aryl methyl sites for hydroxylation is 2. The molecule has 2 aromatic carbocycles. The monoisotopic (exact) mass is 391 g/mol. The quantitative estimate of drug-likeness (QED) is 0.615. The molecule has 0 radical (unpaired) electrons. The van der Waals surface area contributed by atoms with Gasteiger partial charge < -0.3 is 13.9 Å². The predicted molar refractivity (Wildman–Crippen MR) is 112 cm³/mol. The first kappa shape index (κ1) is 18.3. The molecule has 3 heterocycles. The van der Waals surface area contributed by atoms with Gasteiger partial charge in [-0.1, -0.05) is 6.07 Å². The van der Waals surface area contributed by atoms with Gasteiger partial charge in [0.15, 0.2) is 11.5 Å². The summed E-state index contributed by atoms with van der Waals surface area (Å²) < 4.78 is 16.9. The van der Waals surface area contributed by atoms with Gasteiger partial charge in [0.25, 0.3) is 0 Å². The second-order valence-electron chi connectivity index (χ2n) is 8.05. The molecule has 2 aliphatic heterocycles. The van der Waals surface area contributed by atoms with Gasteiger partial charge in [-0.25, -0.2) is 4.79 Å². The van der Waals surface area contributed by atoms with Crippen LogP contribution in [0.5, 0.6) is 11.5 Å². The minimum atomic E-state index is -0.286. The molecule has 1 atom stereocenters. The smallest absolute Gasteiger partial charge is 0.336 e. The first-order valence-corrected chi connectivity index (χ1v) is 10.3. The number of hydrogen-bond donors (Lipinski definition) is 0. The van der Waals surface area contributed by atoms with E-state index in [-0.39, 0.29) is 5.63 Å². The molecule has 0 bridgehead atoms. The summed E-state index contributed by atoms with van der Waals surface area (Å²) in [4.78, 5) is 14.6. The highest BCUT2D eigenvalue weighted by atomic mass is 16.6. The summed E-state index contributed by atoms with van der Waals surface area (Å²) in [5.41, 5.74) is 5.00. The molecule has 0 amide bonds. The highest BCUT2D eigenvalue weighted by Gasteiger charge is 2.28. The second kappa shape index (κ2) is 7.23. The maximum absolute atomic E-state index is 12.2. The zero-order valence-electron chi connectivity index (χ0n) is 16.9. The van der Waals surface area contributed by atoms with Gasteiger partial charge in [0.1, 0.15) is 18.8 Å². The van der Waals surface area contributed by atoms with Crippen molar-refractivity contribution in [2.75, 3.05) is 19.8 Å². The summed E-state index contributed by atoms with van der Waals surface area (Å²) in [5.74, 6) is 1.65. The highest BCUT2D eigenvalue weighted by Crippen LogP contribution is 2.39. The van der Waals surface area contributed by atoms with E-state index < -0.39 is 0 Å². The zero-order chi connectivity index (χ0) is 20.0. The first-order valence-electron chi connectivity index (χ1n) is 10.3. The van der Waals surface area contributed by atoms with Crippen molar-refractivity contribution in [1.29, 1.82) is 0 Å². The lowest BCUT2D eigenvalue weighted by Gasteiger charge is -2.27. The van der Waals surface area contributed by atoms with Crippen LogP contribution in [0, 0.1) is 13.8 Å². The van der Waals surface area contributed by atoms with Gasteiger partial charge in [0, 0.05) is 24.0 Å². The Morgan fingerprint density at radius 3 is 2.66 bits per heavy atom. The van der Waals surface area contributed by atoms with Crippen molar-refractivity contribution in [2.45, 2.75) is 39.3 Å². The van der Waals surface area contributed by atoms with Gasteiger partial charge in [0.05, 0.1) is 0 Å². The average Bonchev–Trinajstić information content (AvgIpc) is 3.17. The third kappa shape index (κ3) is 3.40. The Labute approximate surface area is 169 Å². The molecule has 1 unspecified atom stereocenters. The van der Waals surface area contributed by atoms with Crippen LogP contribution in [0.15, 0.2) is 45.6 Å². The molecule has 1 saturated heterocycles. The molecule has 0 saturated carbocycles. The van der Waals surface area contributed by atoms with E-state index in [1.165, 1.54) is 11.1 Å². The maximum Gasteiger partial charge on any atom is 0.336 e. The topological polar surface area (TPSA) is 51.9 Å². The fourth-order valence-corrected chi connectivity index (χ4v) is 4.49. The fourth-order valence-electron chi connectivity index (χ4n) is 4.49. The lowest BCUT2D eigenvalue weighted by Crippen LogP contribution is -2.24. The summed E-state index contributed by atoms with van der Waals surface area (Å²) in [6.45, 7) is 7.06. The van der Waals surface area contributed by atoms with Crippen LogP contribution in [0.4, 0.5) is 0 Å². The molecule has 2 aliphatic rings. The van der Waals surface area contributed by atoms with E-state index in [0.29, 0.717) is 24.8 Å². The van der Waals surface area contributed by atoms with Gasteiger partial charge in [-0.3, -0.25) is 4.90 Å². The van der Waals surface area contributed by atoms with Gasteiger partial charge in [-0.2, -0.15) is 0 Å². The molecular weight excluding hydrogens is 366 g/mol. The summed E-state index contributed by atoms with van der Waals surface area (Å²) in [7, 11) is 0. The Kier molecular flexibility index (Phi) is 4.55. The van der Waals surface area contributed by atoms with E-state index in [0.717, 1.165) is 53.9 Å². The van der Waals surface area contributed by atoms with Crippen molar-refractivity contribution in [3.05, 3.63) is 69.1 Å². The summed E-state index contributed by atoms with van der Waals surface area (Å²) >= 11 is 0. The second-order valence-corrected chi connectivity index (χ2v) is 8.05. The molecule has 0 N–H and O–H groups in total. The van der Waals surface area contributed by atoms with Crippen molar-refractivity contribution < 1.29 is 13.9 Å². The van der Waals surface area contributed by atoms with Crippen LogP contribution in [0.25, 0.3) is 11.0 Å². The molecular formula is C24H25NO4. The van der Waals surface area contributed by atoms with Crippen molar-refractivity contribution in [2.24, 2.45) is 0 Å². The molecule has 5 rings (SSSR count). The normalized spacial score (nSPS) is 19.0. The maximum atomic E-state index is 12.2. The van der Waals surface area contributed by atoms with E-state index in [1.54, 1.807) is 6.07 Å². The Hall–Kier alpha value is -2.79. The van der Waals surface area contributed by atoms with E-state index in [4.69, 9.17) is 13.9 Å². The molecule has 1 fully saturated rings. The average molecular weight is 391 g/mol. The number of likely N-dealkylation sites (tertiary alicyclic amines) is 1. The fraction of sp³-hybridized carbons (Fsp3) is 0.375. The number of rotatable bonds is 3. The number of benzene rings is 2. The predicted octanol–water partition coefficient (Wildman–Crippen LogP) is 4.52. The van der Waals surface area contributed by atoms with Crippen molar-refractivity contribution in [3.63, 3.8) is 0 Å². The van der Waals surface area contributed by atoms with E-state index in [9.17, 15) is 4.79 Å². The molecule has 0 aliphatic carbocycles. The van der Waals surface area contributed by atoms with E-state index in [1.807, 2.05) is 19.1 Å². The Morgan fingerprint density at radius 2 is 1.79 bits per heavy atom. The molecule has 5 nitrogen and oxygen atoms in total.